The molecule has 0 radical (unpaired) electrons. The van der Waals surface area contributed by atoms with Gasteiger partial charge in [-0.2, -0.15) is 0 Å². The average Bonchev–Trinajstić information content (AvgIpc) is 3.13. The first kappa shape index (κ1) is 18.4. The summed E-state index contributed by atoms with van der Waals surface area (Å²) in [5.74, 6) is 1.10. The number of fused-ring (bicyclic) bond motifs is 1. The Morgan fingerprint density at radius 1 is 1.14 bits per heavy atom. The van der Waals surface area contributed by atoms with E-state index in [9.17, 15) is 4.79 Å². The van der Waals surface area contributed by atoms with E-state index in [4.69, 9.17) is 4.98 Å². The predicted octanol–water partition coefficient (Wildman–Crippen LogP) is 2.36. The van der Waals surface area contributed by atoms with E-state index in [0.29, 0.717) is 13.0 Å². The summed E-state index contributed by atoms with van der Waals surface area (Å²) in [6.45, 7) is 7.36. The quantitative estimate of drug-likeness (QED) is 0.713. The van der Waals surface area contributed by atoms with E-state index in [-0.39, 0.29) is 5.91 Å². The van der Waals surface area contributed by atoms with Gasteiger partial charge in [0.2, 0.25) is 5.91 Å². The number of piperazine rings is 1. The van der Waals surface area contributed by atoms with Crippen molar-refractivity contribution in [2.45, 2.75) is 13.3 Å². The second-order valence-electron chi connectivity index (χ2n) is 6.97. The van der Waals surface area contributed by atoms with Crippen LogP contribution in [0.25, 0.3) is 16.9 Å². The maximum Gasteiger partial charge on any atom is 0.224 e. The van der Waals surface area contributed by atoms with Crippen molar-refractivity contribution in [1.29, 1.82) is 0 Å². The summed E-state index contributed by atoms with van der Waals surface area (Å²) in [6, 6.07) is 10.1. The van der Waals surface area contributed by atoms with Gasteiger partial charge in [0.15, 0.2) is 5.65 Å². The molecule has 0 saturated carbocycles. The van der Waals surface area contributed by atoms with Crippen LogP contribution in [0.1, 0.15) is 13.3 Å². The fraction of sp³-hybridized carbons (Fsp3) is 0.381. The van der Waals surface area contributed by atoms with Crippen LogP contribution in [0.2, 0.25) is 0 Å². The molecule has 3 aromatic rings. The Morgan fingerprint density at radius 2 is 1.93 bits per heavy atom. The Hall–Kier alpha value is -2.93. The van der Waals surface area contributed by atoms with Crippen LogP contribution in [0.4, 0.5) is 5.82 Å². The van der Waals surface area contributed by atoms with Gasteiger partial charge in [0.1, 0.15) is 11.5 Å². The van der Waals surface area contributed by atoms with Crippen molar-refractivity contribution in [2.75, 3.05) is 44.6 Å². The van der Waals surface area contributed by atoms with E-state index < -0.39 is 0 Å². The number of aromatic nitrogens is 3. The lowest BCUT2D eigenvalue weighted by Crippen LogP contribution is -2.48. The zero-order valence-corrected chi connectivity index (χ0v) is 16.2. The second-order valence-corrected chi connectivity index (χ2v) is 6.97. The predicted molar refractivity (Wildman–Crippen MR) is 110 cm³/mol. The van der Waals surface area contributed by atoms with Gasteiger partial charge in [0.05, 0.1) is 6.20 Å². The minimum atomic E-state index is 0.208. The van der Waals surface area contributed by atoms with Crippen LogP contribution in [-0.2, 0) is 4.79 Å². The van der Waals surface area contributed by atoms with Crippen LogP contribution in [0.3, 0.4) is 0 Å². The molecule has 1 aromatic carbocycles. The van der Waals surface area contributed by atoms with Gasteiger partial charge in [0, 0.05) is 57.1 Å². The largest absolute Gasteiger partial charge is 0.369 e. The fourth-order valence-electron chi connectivity index (χ4n) is 3.63. The molecule has 1 aliphatic heterocycles. The molecule has 7 heteroatoms. The smallest absolute Gasteiger partial charge is 0.224 e. The topological polar surface area (TPSA) is 65.8 Å². The molecule has 1 saturated heterocycles. The Balaban J connectivity index is 1.45. The van der Waals surface area contributed by atoms with Crippen molar-refractivity contribution in [3.8, 4) is 11.3 Å². The number of likely N-dealkylation sites (N-methyl/N-ethyl adjacent to an activating group) is 1. The highest BCUT2D eigenvalue weighted by molar-refractivity contribution is 5.78. The number of rotatable bonds is 6. The zero-order chi connectivity index (χ0) is 19.3. The summed E-state index contributed by atoms with van der Waals surface area (Å²) in [7, 11) is 0. The zero-order valence-electron chi connectivity index (χ0n) is 16.2. The summed E-state index contributed by atoms with van der Waals surface area (Å²) in [5.41, 5.74) is 2.69. The summed E-state index contributed by atoms with van der Waals surface area (Å²) >= 11 is 0. The van der Waals surface area contributed by atoms with Gasteiger partial charge in [0.25, 0.3) is 0 Å². The van der Waals surface area contributed by atoms with Gasteiger partial charge in [-0.25, -0.2) is 4.98 Å². The van der Waals surface area contributed by atoms with Crippen molar-refractivity contribution in [3.05, 3.63) is 48.9 Å². The number of carbonyl (C=O) groups is 1. The number of imidazole rings is 1. The van der Waals surface area contributed by atoms with E-state index in [1.807, 2.05) is 45.8 Å². The lowest BCUT2D eigenvalue weighted by Gasteiger charge is -2.34. The molecule has 0 unspecified atom stereocenters. The number of nitrogens with one attached hydrogen (secondary N) is 1. The highest BCUT2D eigenvalue weighted by Gasteiger charge is 2.20. The van der Waals surface area contributed by atoms with Gasteiger partial charge in [-0.15, -0.1) is 0 Å². The SMILES string of the molecule is CCN1CCN(C(=O)CCNc2c(-c3ccccc3)nc3cnccn23)CC1. The Bertz CT molecular complexity index is 930. The molecule has 3 heterocycles. The van der Waals surface area contributed by atoms with Crippen molar-refractivity contribution in [1.82, 2.24) is 24.2 Å². The van der Waals surface area contributed by atoms with Crippen LogP contribution in [0.15, 0.2) is 48.9 Å². The number of hydrogen-bond donors (Lipinski definition) is 1. The van der Waals surface area contributed by atoms with Crippen molar-refractivity contribution < 1.29 is 4.79 Å². The Kier molecular flexibility index (Phi) is 5.53. The Morgan fingerprint density at radius 3 is 2.68 bits per heavy atom. The molecule has 28 heavy (non-hydrogen) atoms. The first-order chi connectivity index (χ1) is 13.8. The van der Waals surface area contributed by atoms with Crippen molar-refractivity contribution >= 4 is 17.4 Å². The molecule has 4 rings (SSSR count). The van der Waals surface area contributed by atoms with Gasteiger partial charge in [-0.1, -0.05) is 37.3 Å². The van der Waals surface area contributed by atoms with Crippen LogP contribution in [0.5, 0.6) is 0 Å². The highest BCUT2D eigenvalue weighted by atomic mass is 16.2. The fourth-order valence-corrected chi connectivity index (χ4v) is 3.63. The van der Waals surface area contributed by atoms with Gasteiger partial charge in [-0.3, -0.25) is 14.2 Å². The third kappa shape index (κ3) is 3.84. The van der Waals surface area contributed by atoms with E-state index in [1.54, 1.807) is 12.4 Å². The molecular weight excluding hydrogens is 352 g/mol. The number of benzene rings is 1. The van der Waals surface area contributed by atoms with Crippen molar-refractivity contribution in [2.24, 2.45) is 0 Å². The maximum absolute atomic E-state index is 12.6. The van der Waals surface area contributed by atoms with Gasteiger partial charge < -0.3 is 15.1 Å². The molecule has 0 atom stereocenters. The molecule has 0 aliphatic carbocycles. The molecular formula is C21H26N6O. The first-order valence-corrected chi connectivity index (χ1v) is 9.87. The lowest BCUT2D eigenvalue weighted by atomic mass is 10.1. The number of carbonyl (C=O) groups excluding carboxylic acids is 1. The van der Waals surface area contributed by atoms with Crippen LogP contribution in [0, 0.1) is 0 Å². The molecule has 0 bridgehead atoms. The van der Waals surface area contributed by atoms with Gasteiger partial charge in [-0.05, 0) is 6.54 Å². The molecule has 1 N–H and O–H groups in total. The van der Waals surface area contributed by atoms with E-state index in [1.165, 1.54) is 0 Å². The minimum Gasteiger partial charge on any atom is -0.369 e. The second kappa shape index (κ2) is 8.39. The molecule has 2 aromatic heterocycles. The molecule has 146 valence electrons. The Labute approximate surface area is 165 Å². The first-order valence-electron chi connectivity index (χ1n) is 9.87. The number of nitrogens with zero attached hydrogens (tertiary/aromatic N) is 5. The van der Waals surface area contributed by atoms with E-state index in [0.717, 1.165) is 55.4 Å². The molecule has 7 nitrogen and oxygen atoms in total. The van der Waals surface area contributed by atoms with Crippen molar-refractivity contribution in [3.63, 3.8) is 0 Å². The number of amides is 1. The minimum absolute atomic E-state index is 0.208. The molecule has 1 aliphatic rings. The third-order valence-electron chi connectivity index (χ3n) is 5.28. The third-order valence-corrected chi connectivity index (χ3v) is 5.28. The molecule has 0 spiro atoms. The lowest BCUT2D eigenvalue weighted by molar-refractivity contribution is -0.132. The summed E-state index contributed by atoms with van der Waals surface area (Å²) in [4.78, 5) is 25.8. The maximum atomic E-state index is 12.6. The molecule has 1 amide bonds. The summed E-state index contributed by atoms with van der Waals surface area (Å²) in [5, 5.41) is 3.44. The van der Waals surface area contributed by atoms with Crippen LogP contribution < -0.4 is 5.32 Å². The summed E-state index contributed by atoms with van der Waals surface area (Å²) in [6.07, 6.45) is 5.85. The standard InChI is InChI=1S/C21H26N6O/c1-2-25-12-14-26(15-13-25)19(28)8-9-23-21-20(17-6-4-3-5-7-17)24-18-16-22-10-11-27(18)21/h3-7,10-11,16,23H,2,8-9,12-15H2,1H3. The number of anilines is 1. The summed E-state index contributed by atoms with van der Waals surface area (Å²) < 4.78 is 1.99. The average molecular weight is 378 g/mol. The van der Waals surface area contributed by atoms with Gasteiger partial charge >= 0.3 is 0 Å². The van der Waals surface area contributed by atoms with E-state index in [2.05, 4.69) is 22.1 Å². The number of hydrogen-bond acceptors (Lipinski definition) is 5. The van der Waals surface area contributed by atoms with Crippen LogP contribution in [-0.4, -0.2) is 69.3 Å². The molecule has 1 fully saturated rings. The normalized spacial score (nSPS) is 15.1. The van der Waals surface area contributed by atoms with E-state index >= 15 is 0 Å². The monoisotopic (exact) mass is 378 g/mol. The highest BCUT2D eigenvalue weighted by Crippen LogP contribution is 2.28. The van der Waals surface area contributed by atoms with Crippen LogP contribution >= 0.6 is 0 Å².